The molecule has 0 unspecified atom stereocenters. The number of fused-ring (bicyclic) bond motifs is 1. The molecule has 3 aromatic carbocycles. The molecule has 0 bridgehead atoms. The molecule has 7 heteroatoms. The Morgan fingerprint density at radius 2 is 1.73 bits per heavy atom. The monoisotopic (exact) mass is 453 g/mol. The van der Waals surface area contributed by atoms with Gasteiger partial charge < -0.3 is 9.47 Å². The van der Waals surface area contributed by atoms with Gasteiger partial charge in [-0.2, -0.15) is 9.50 Å². The van der Waals surface area contributed by atoms with E-state index >= 15 is 0 Å². The number of rotatable bonds is 7. The number of benzene rings is 3. The molecule has 162 valence electrons. The van der Waals surface area contributed by atoms with Gasteiger partial charge in [0.15, 0.2) is 5.82 Å². The third kappa shape index (κ3) is 4.53. The van der Waals surface area contributed by atoms with Crippen LogP contribution in [0.2, 0.25) is 0 Å². The van der Waals surface area contributed by atoms with Crippen molar-refractivity contribution in [2.45, 2.75) is 0 Å². The highest BCUT2D eigenvalue weighted by atomic mass is 32.1. The molecule has 0 spiro atoms. The maximum atomic E-state index is 12.9. The van der Waals surface area contributed by atoms with Crippen molar-refractivity contribution in [2.24, 2.45) is 0 Å². The zero-order valence-corrected chi connectivity index (χ0v) is 18.4. The quantitative estimate of drug-likeness (QED) is 0.334. The van der Waals surface area contributed by atoms with E-state index in [1.54, 1.807) is 6.08 Å². The molecule has 5 aromatic rings. The zero-order chi connectivity index (χ0) is 22.6. The van der Waals surface area contributed by atoms with E-state index in [4.69, 9.17) is 9.47 Å². The standard InChI is InChI=1S/C26H19N3O3S/c1-2-15-31-20-13-11-19(12-14-20)24-27-26-29(28-24)25(30)23(33-26)17-18-7-6-10-22(16-18)32-21-8-4-3-5-9-21/h2-14,16-17H,1,15H2. The Morgan fingerprint density at radius 1 is 0.939 bits per heavy atom. The van der Waals surface area contributed by atoms with E-state index in [9.17, 15) is 4.79 Å². The molecule has 0 fully saturated rings. The van der Waals surface area contributed by atoms with Crippen LogP contribution in [0, 0.1) is 0 Å². The Kier molecular flexibility index (Phi) is 5.70. The predicted octanol–water partition coefficient (Wildman–Crippen LogP) is 4.72. The summed E-state index contributed by atoms with van der Waals surface area (Å²) in [5.74, 6) is 2.69. The molecule has 2 aromatic heterocycles. The number of aromatic nitrogens is 3. The molecular formula is C26H19N3O3S. The highest BCUT2D eigenvalue weighted by Crippen LogP contribution is 2.23. The van der Waals surface area contributed by atoms with E-state index in [0.717, 1.165) is 22.6 Å². The average molecular weight is 454 g/mol. The summed E-state index contributed by atoms with van der Waals surface area (Å²) in [6.45, 7) is 4.08. The molecule has 0 amide bonds. The van der Waals surface area contributed by atoms with Crippen LogP contribution < -0.4 is 19.6 Å². The van der Waals surface area contributed by atoms with E-state index in [1.807, 2.05) is 84.9 Å². The first-order valence-electron chi connectivity index (χ1n) is 10.3. The van der Waals surface area contributed by atoms with Crippen LogP contribution in [0.25, 0.3) is 22.4 Å². The normalized spacial score (nSPS) is 11.6. The van der Waals surface area contributed by atoms with E-state index in [1.165, 1.54) is 15.9 Å². The second-order valence-electron chi connectivity index (χ2n) is 7.16. The number of hydrogen-bond donors (Lipinski definition) is 0. The topological polar surface area (TPSA) is 65.7 Å². The number of nitrogens with zero attached hydrogens (tertiary/aromatic N) is 3. The summed E-state index contributed by atoms with van der Waals surface area (Å²) in [5.41, 5.74) is 1.47. The maximum Gasteiger partial charge on any atom is 0.291 e. The first-order chi connectivity index (χ1) is 16.2. The molecule has 2 heterocycles. The summed E-state index contributed by atoms with van der Waals surface area (Å²) < 4.78 is 13.3. The van der Waals surface area contributed by atoms with Crippen LogP contribution in [0.1, 0.15) is 5.56 Å². The van der Waals surface area contributed by atoms with Crippen molar-refractivity contribution in [3.05, 3.63) is 112 Å². The van der Waals surface area contributed by atoms with Crippen molar-refractivity contribution >= 4 is 22.4 Å². The maximum absolute atomic E-state index is 12.9. The van der Waals surface area contributed by atoms with E-state index in [2.05, 4.69) is 16.7 Å². The van der Waals surface area contributed by atoms with Gasteiger partial charge in [-0.05, 0) is 60.2 Å². The van der Waals surface area contributed by atoms with Crippen molar-refractivity contribution in [3.63, 3.8) is 0 Å². The Bertz CT molecular complexity index is 1520. The van der Waals surface area contributed by atoms with Gasteiger partial charge >= 0.3 is 0 Å². The van der Waals surface area contributed by atoms with Gasteiger partial charge in [-0.3, -0.25) is 4.79 Å². The Labute approximate surface area is 193 Å². The van der Waals surface area contributed by atoms with Crippen LogP contribution in [-0.2, 0) is 0 Å². The number of para-hydroxylation sites is 1. The Morgan fingerprint density at radius 3 is 2.48 bits per heavy atom. The molecule has 0 saturated heterocycles. The molecule has 0 atom stereocenters. The third-order valence-corrected chi connectivity index (χ3v) is 5.76. The lowest BCUT2D eigenvalue weighted by molar-refractivity contribution is 0.363. The molecule has 0 N–H and O–H groups in total. The van der Waals surface area contributed by atoms with Crippen LogP contribution in [-0.4, -0.2) is 21.2 Å². The van der Waals surface area contributed by atoms with Gasteiger partial charge in [0.05, 0.1) is 4.53 Å². The van der Waals surface area contributed by atoms with E-state index in [0.29, 0.717) is 27.7 Å². The van der Waals surface area contributed by atoms with Crippen molar-refractivity contribution in [3.8, 4) is 28.6 Å². The van der Waals surface area contributed by atoms with Crippen molar-refractivity contribution in [1.29, 1.82) is 0 Å². The lowest BCUT2D eigenvalue weighted by Gasteiger charge is -2.05. The highest BCUT2D eigenvalue weighted by molar-refractivity contribution is 7.15. The van der Waals surface area contributed by atoms with E-state index < -0.39 is 0 Å². The van der Waals surface area contributed by atoms with Gasteiger partial charge in [0.2, 0.25) is 4.96 Å². The fourth-order valence-corrected chi connectivity index (χ4v) is 4.16. The third-order valence-electron chi connectivity index (χ3n) is 4.80. The first kappa shape index (κ1) is 20.7. The largest absolute Gasteiger partial charge is 0.490 e. The summed E-state index contributed by atoms with van der Waals surface area (Å²) in [6.07, 6.45) is 3.52. The van der Waals surface area contributed by atoms with Crippen LogP contribution in [0.4, 0.5) is 0 Å². The molecule has 0 aliphatic rings. The molecule has 5 rings (SSSR count). The van der Waals surface area contributed by atoms with Crippen LogP contribution in [0.15, 0.2) is 96.3 Å². The van der Waals surface area contributed by atoms with Crippen molar-refractivity contribution in [1.82, 2.24) is 14.6 Å². The van der Waals surface area contributed by atoms with Crippen LogP contribution in [0.3, 0.4) is 0 Å². The number of hydrogen-bond acceptors (Lipinski definition) is 6. The second kappa shape index (κ2) is 9.10. The minimum Gasteiger partial charge on any atom is -0.490 e. The van der Waals surface area contributed by atoms with Crippen LogP contribution >= 0.6 is 11.3 Å². The van der Waals surface area contributed by atoms with Gasteiger partial charge in [0, 0.05) is 5.56 Å². The SMILES string of the molecule is C=CCOc1ccc(-c2nc3sc(=Cc4cccc(Oc5ccccc5)c4)c(=O)n3n2)cc1. The highest BCUT2D eigenvalue weighted by Gasteiger charge is 2.12. The number of thiazole rings is 1. The van der Waals surface area contributed by atoms with Crippen molar-refractivity contribution in [2.75, 3.05) is 6.61 Å². The number of ether oxygens (including phenoxy) is 2. The van der Waals surface area contributed by atoms with Gasteiger partial charge in [-0.25, -0.2) is 0 Å². The zero-order valence-electron chi connectivity index (χ0n) is 17.5. The molecular weight excluding hydrogens is 434 g/mol. The summed E-state index contributed by atoms with van der Waals surface area (Å²) in [6, 6.07) is 24.6. The summed E-state index contributed by atoms with van der Waals surface area (Å²) in [7, 11) is 0. The Balaban J connectivity index is 1.41. The smallest absolute Gasteiger partial charge is 0.291 e. The molecule has 0 radical (unpaired) electrons. The predicted molar refractivity (Wildman–Crippen MR) is 130 cm³/mol. The summed E-state index contributed by atoms with van der Waals surface area (Å²) >= 11 is 1.30. The molecule has 0 aliphatic heterocycles. The molecule has 6 nitrogen and oxygen atoms in total. The Hall–Kier alpha value is -4.23. The van der Waals surface area contributed by atoms with Gasteiger partial charge in [0.1, 0.15) is 23.9 Å². The molecule has 0 saturated carbocycles. The second-order valence-corrected chi connectivity index (χ2v) is 8.17. The van der Waals surface area contributed by atoms with Gasteiger partial charge in [-0.15, -0.1) is 5.10 Å². The van der Waals surface area contributed by atoms with Crippen molar-refractivity contribution < 1.29 is 9.47 Å². The summed E-state index contributed by atoms with van der Waals surface area (Å²) in [5, 5.41) is 4.41. The fraction of sp³-hybridized carbons (Fsp3) is 0.0385. The fourth-order valence-electron chi connectivity index (χ4n) is 3.26. The lowest BCUT2D eigenvalue weighted by atomic mass is 10.2. The molecule has 33 heavy (non-hydrogen) atoms. The summed E-state index contributed by atoms with van der Waals surface area (Å²) in [4.78, 5) is 18.0. The van der Waals surface area contributed by atoms with E-state index in [-0.39, 0.29) is 5.56 Å². The average Bonchev–Trinajstić information content (AvgIpc) is 3.38. The molecule has 0 aliphatic carbocycles. The lowest BCUT2D eigenvalue weighted by Crippen LogP contribution is -2.23. The van der Waals surface area contributed by atoms with Gasteiger partial charge in [-0.1, -0.05) is 54.3 Å². The van der Waals surface area contributed by atoms with Crippen LogP contribution in [0.5, 0.6) is 17.2 Å². The minimum atomic E-state index is -0.200. The minimum absolute atomic E-state index is 0.200. The first-order valence-corrected chi connectivity index (χ1v) is 11.1. The van der Waals surface area contributed by atoms with Gasteiger partial charge in [0.25, 0.3) is 5.56 Å².